The lowest BCUT2D eigenvalue weighted by Crippen LogP contribution is -2.49. The number of benzene rings is 2. The van der Waals surface area contributed by atoms with Crippen molar-refractivity contribution in [2.24, 2.45) is 0 Å². The number of aryl methyl sites for hydroxylation is 1. The zero-order chi connectivity index (χ0) is 23.4. The van der Waals surface area contributed by atoms with Gasteiger partial charge < -0.3 is 15.0 Å². The summed E-state index contributed by atoms with van der Waals surface area (Å²) in [5, 5.41) is 3.27. The van der Waals surface area contributed by atoms with Crippen LogP contribution in [-0.4, -0.2) is 56.0 Å². The molecule has 0 radical (unpaired) electrons. The second kappa shape index (κ2) is 9.72. The smallest absolute Gasteiger partial charge is 0.227 e. The highest BCUT2D eigenvalue weighted by atomic mass is 32.2. The molecule has 4 rings (SSSR count). The van der Waals surface area contributed by atoms with E-state index < -0.39 is 10.0 Å². The van der Waals surface area contributed by atoms with E-state index >= 15 is 0 Å². The van der Waals surface area contributed by atoms with Gasteiger partial charge in [0.05, 0.1) is 12.9 Å². The summed E-state index contributed by atoms with van der Waals surface area (Å²) in [6, 6.07) is 14.9. The van der Waals surface area contributed by atoms with E-state index in [1.54, 1.807) is 7.11 Å². The number of methoxy groups -OCH3 is 1. The lowest BCUT2D eigenvalue weighted by atomic mass is 10.2. The minimum Gasteiger partial charge on any atom is -0.497 e. The maximum Gasteiger partial charge on any atom is 0.227 e. The molecule has 0 unspecified atom stereocenters. The SMILES string of the molecule is COc1ccc(Nc2cc(C)nc(N3CCN(S(=O)(=O)Cc4ccc(F)cc4)CC3)n2)cc1. The van der Waals surface area contributed by atoms with Gasteiger partial charge in [0, 0.05) is 43.6 Å². The molecule has 0 amide bonds. The molecule has 10 heteroatoms. The molecule has 0 bridgehead atoms. The van der Waals surface area contributed by atoms with Crippen molar-refractivity contribution in [3.8, 4) is 5.75 Å². The van der Waals surface area contributed by atoms with E-state index in [-0.39, 0.29) is 11.6 Å². The van der Waals surface area contributed by atoms with Crippen LogP contribution in [0.3, 0.4) is 0 Å². The maximum absolute atomic E-state index is 13.1. The van der Waals surface area contributed by atoms with Crippen molar-refractivity contribution in [3.63, 3.8) is 0 Å². The van der Waals surface area contributed by atoms with Crippen LogP contribution in [0.1, 0.15) is 11.3 Å². The van der Waals surface area contributed by atoms with Gasteiger partial charge in [-0.3, -0.25) is 0 Å². The second-order valence-corrected chi connectivity index (χ2v) is 9.79. The number of anilines is 3. The summed E-state index contributed by atoms with van der Waals surface area (Å²) < 4.78 is 45.4. The van der Waals surface area contributed by atoms with Crippen LogP contribution < -0.4 is 15.0 Å². The quantitative estimate of drug-likeness (QED) is 0.566. The van der Waals surface area contributed by atoms with E-state index in [0.717, 1.165) is 17.1 Å². The molecule has 1 aliphatic heterocycles. The van der Waals surface area contributed by atoms with Gasteiger partial charge >= 0.3 is 0 Å². The molecule has 174 valence electrons. The number of halogens is 1. The number of rotatable bonds is 7. The standard InChI is InChI=1S/C23H26FN5O3S/c1-17-15-22(26-20-7-9-21(32-2)10-8-20)27-23(25-17)28-11-13-29(14-12-28)33(30,31)16-18-3-5-19(24)6-4-18/h3-10,15H,11-14,16H2,1-2H3,(H,25,26,27). The predicted octanol–water partition coefficient (Wildman–Crippen LogP) is 3.33. The first-order valence-electron chi connectivity index (χ1n) is 10.6. The molecule has 2 heterocycles. The van der Waals surface area contributed by atoms with Gasteiger partial charge in [0.1, 0.15) is 17.4 Å². The van der Waals surface area contributed by atoms with Crippen molar-refractivity contribution in [1.82, 2.24) is 14.3 Å². The molecule has 1 saturated heterocycles. The van der Waals surface area contributed by atoms with Crippen molar-refractivity contribution < 1.29 is 17.5 Å². The van der Waals surface area contributed by atoms with Gasteiger partial charge in [0.2, 0.25) is 16.0 Å². The number of piperazine rings is 1. The van der Waals surface area contributed by atoms with Crippen molar-refractivity contribution in [2.75, 3.05) is 43.5 Å². The molecular weight excluding hydrogens is 445 g/mol. The highest BCUT2D eigenvalue weighted by molar-refractivity contribution is 7.88. The Balaban J connectivity index is 1.41. The fourth-order valence-electron chi connectivity index (χ4n) is 3.63. The van der Waals surface area contributed by atoms with E-state index in [9.17, 15) is 12.8 Å². The van der Waals surface area contributed by atoms with Gasteiger partial charge in [-0.2, -0.15) is 9.29 Å². The fraction of sp³-hybridized carbons (Fsp3) is 0.304. The average Bonchev–Trinajstić information content (AvgIpc) is 2.81. The Morgan fingerprint density at radius 1 is 1.00 bits per heavy atom. The summed E-state index contributed by atoms with van der Waals surface area (Å²) >= 11 is 0. The molecular formula is C23H26FN5O3S. The zero-order valence-electron chi connectivity index (χ0n) is 18.5. The molecule has 33 heavy (non-hydrogen) atoms. The minimum atomic E-state index is -3.50. The number of hydrogen-bond acceptors (Lipinski definition) is 7. The largest absolute Gasteiger partial charge is 0.497 e. The molecule has 0 saturated carbocycles. The number of nitrogens with zero attached hydrogens (tertiary/aromatic N) is 4. The molecule has 1 aliphatic rings. The molecule has 0 aliphatic carbocycles. The van der Waals surface area contributed by atoms with Crippen LogP contribution in [-0.2, 0) is 15.8 Å². The Bertz CT molecular complexity index is 1200. The molecule has 1 N–H and O–H groups in total. The molecule has 8 nitrogen and oxygen atoms in total. The van der Waals surface area contributed by atoms with Crippen LogP contribution in [0.15, 0.2) is 54.6 Å². The third-order valence-electron chi connectivity index (χ3n) is 5.38. The zero-order valence-corrected chi connectivity index (χ0v) is 19.3. The normalized spacial score (nSPS) is 14.8. The van der Waals surface area contributed by atoms with Crippen LogP contribution in [0.5, 0.6) is 5.75 Å². The second-order valence-electron chi connectivity index (χ2n) is 7.82. The van der Waals surface area contributed by atoms with Crippen LogP contribution in [0.25, 0.3) is 0 Å². The highest BCUT2D eigenvalue weighted by Gasteiger charge is 2.28. The number of ether oxygens (including phenoxy) is 1. The number of hydrogen-bond donors (Lipinski definition) is 1. The van der Waals surface area contributed by atoms with Crippen LogP contribution in [0, 0.1) is 12.7 Å². The summed E-state index contributed by atoms with van der Waals surface area (Å²) in [5.41, 5.74) is 2.24. The van der Waals surface area contributed by atoms with Crippen molar-refractivity contribution in [3.05, 3.63) is 71.7 Å². The summed E-state index contributed by atoms with van der Waals surface area (Å²) in [6.45, 7) is 3.53. The molecule has 0 atom stereocenters. The van der Waals surface area contributed by atoms with Crippen LogP contribution in [0.4, 0.5) is 21.8 Å². The molecule has 3 aromatic rings. The topological polar surface area (TPSA) is 87.7 Å². The van der Waals surface area contributed by atoms with Crippen LogP contribution in [0.2, 0.25) is 0 Å². The molecule has 1 fully saturated rings. The van der Waals surface area contributed by atoms with E-state index in [0.29, 0.717) is 43.5 Å². The first-order chi connectivity index (χ1) is 15.8. The average molecular weight is 472 g/mol. The van der Waals surface area contributed by atoms with Crippen molar-refractivity contribution in [2.45, 2.75) is 12.7 Å². The summed E-state index contributed by atoms with van der Waals surface area (Å²) in [7, 11) is -1.88. The summed E-state index contributed by atoms with van der Waals surface area (Å²) in [5.74, 6) is 1.45. The summed E-state index contributed by atoms with van der Waals surface area (Å²) in [6.07, 6.45) is 0. The third kappa shape index (κ3) is 5.77. The first kappa shape index (κ1) is 22.9. The van der Waals surface area contributed by atoms with Crippen molar-refractivity contribution in [1.29, 1.82) is 0 Å². The molecule has 2 aromatic carbocycles. The summed E-state index contributed by atoms with van der Waals surface area (Å²) in [4.78, 5) is 11.2. The van der Waals surface area contributed by atoms with E-state index in [4.69, 9.17) is 4.74 Å². The number of aromatic nitrogens is 2. The van der Waals surface area contributed by atoms with Crippen molar-refractivity contribution >= 4 is 27.5 Å². The van der Waals surface area contributed by atoms with Gasteiger partial charge in [0.15, 0.2) is 0 Å². The molecule has 0 spiro atoms. The predicted molar refractivity (Wildman–Crippen MR) is 126 cm³/mol. The Morgan fingerprint density at radius 3 is 2.30 bits per heavy atom. The highest BCUT2D eigenvalue weighted by Crippen LogP contribution is 2.22. The number of sulfonamides is 1. The van der Waals surface area contributed by atoms with E-state index in [1.165, 1.54) is 28.6 Å². The Labute approximate surface area is 193 Å². The monoisotopic (exact) mass is 471 g/mol. The van der Waals surface area contributed by atoms with Gasteiger partial charge in [0.25, 0.3) is 0 Å². The first-order valence-corrected chi connectivity index (χ1v) is 12.2. The van der Waals surface area contributed by atoms with E-state index in [1.807, 2.05) is 42.2 Å². The minimum absolute atomic E-state index is 0.149. The van der Waals surface area contributed by atoms with Gasteiger partial charge in [-0.15, -0.1) is 0 Å². The maximum atomic E-state index is 13.1. The van der Waals surface area contributed by atoms with Gasteiger partial charge in [-0.05, 0) is 48.9 Å². The number of nitrogens with one attached hydrogen (secondary N) is 1. The Hall–Kier alpha value is -3.24. The lowest BCUT2D eigenvalue weighted by molar-refractivity contribution is 0.382. The van der Waals surface area contributed by atoms with Gasteiger partial charge in [-0.1, -0.05) is 12.1 Å². The lowest BCUT2D eigenvalue weighted by Gasteiger charge is -2.34. The third-order valence-corrected chi connectivity index (χ3v) is 7.23. The van der Waals surface area contributed by atoms with E-state index in [2.05, 4.69) is 15.3 Å². The Morgan fingerprint density at radius 2 is 1.67 bits per heavy atom. The Kier molecular flexibility index (Phi) is 6.75. The molecule has 1 aromatic heterocycles. The fourth-order valence-corrected chi connectivity index (χ4v) is 5.15. The van der Waals surface area contributed by atoms with Crippen LogP contribution >= 0.6 is 0 Å². The van der Waals surface area contributed by atoms with Gasteiger partial charge in [-0.25, -0.2) is 17.8 Å².